The van der Waals surface area contributed by atoms with E-state index in [-0.39, 0.29) is 17.7 Å². The Morgan fingerprint density at radius 3 is 2.48 bits per heavy atom. The first-order valence-electron chi connectivity index (χ1n) is 11.2. The highest BCUT2D eigenvalue weighted by molar-refractivity contribution is 6.03. The molecule has 2 aliphatic carbocycles. The van der Waals surface area contributed by atoms with Gasteiger partial charge in [-0.15, -0.1) is 0 Å². The van der Waals surface area contributed by atoms with E-state index in [9.17, 15) is 4.79 Å². The molecular weight excluding hydrogens is 396 g/mol. The van der Waals surface area contributed by atoms with Gasteiger partial charge in [0.2, 0.25) is 5.95 Å². The second-order valence-corrected chi connectivity index (χ2v) is 8.87. The summed E-state index contributed by atoms with van der Waals surface area (Å²) in [6.45, 7) is 2.14. The van der Waals surface area contributed by atoms with Crippen LogP contribution in [0.1, 0.15) is 64.1 Å². The maximum Gasteiger partial charge on any atom is 0.410 e. The van der Waals surface area contributed by atoms with Gasteiger partial charge in [-0.25, -0.2) is 14.8 Å². The van der Waals surface area contributed by atoms with Crippen LogP contribution in [-0.2, 0) is 7.05 Å². The minimum Gasteiger partial charge on any atom is -0.465 e. The molecule has 0 spiro atoms. The number of hydrogen-bond acceptors (Lipinski definition) is 7. The number of amidine groups is 1. The van der Waals surface area contributed by atoms with Gasteiger partial charge in [0, 0.05) is 26.2 Å². The number of aromatic nitrogens is 4. The zero-order valence-electron chi connectivity index (χ0n) is 18.5. The van der Waals surface area contributed by atoms with E-state index in [2.05, 4.69) is 34.2 Å². The highest BCUT2D eigenvalue weighted by Gasteiger charge is 2.28. The van der Waals surface area contributed by atoms with E-state index in [0.29, 0.717) is 23.4 Å². The predicted octanol–water partition coefficient (Wildman–Crippen LogP) is 3.33. The number of hydrogen-bond donors (Lipinski definition) is 4. The quantitative estimate of drug-likeness (QED) is 0.410. The summed E-state index contributed by atoms with van der Waals surface area (Å²) in [6.07, 6.45) is 8.34. The first-order valence-corrected chi connectivity index (χ1v) is 11.2. The van der Waals surface area contributed by atoms with E-state index in [1.54, 1.807) is 0 Å². The second kappa shape index (κ2) is 8.68. The van der Waals surface area contributed by atoms with Gasteiger partial charge in [-0.1, -0.05) is 25.7 Å². The molecule has 2 aromatic heterocycles. The number of nitrogens with zero attached hydrogens (tertiary/aromatic N) is 5. The van der Waals surface area contributed by atoms with Crippen molar-refractivity contribution in [3.05, 3.63) is 5.82 Å². The monoisotopic (exact) mass is 428 g/mol. The van der Waals surface area contributed by atoms with Crippen molar-refractivity contribution in [3.8, 4) is 0 Å². The Morgan fingerprint density at radius 1 is 1.16 bits per heavy atom. The van der Waals surface area contributed by atoms with Gasteiger partial charge < -0.3 is 19.9 Å². The molecule has 4 N–H and O–H groups in total. The molecule has 0 saturated heterocycles. The number of carboxylic acid groups (broad SMARTS) is 1. The fraction of sp³-hybridized carbons (Fsp3) is 0.667. The summed E-state index contributed by atoms with van der Waals surface area (Å²) >= 11 is 0. The summed E-state index contributed by atoms with van der Waals surface area (Å²) in [5, 5.41) is 22.6. The van der Waals surface area contributed by atoms with Crippen molar-refractivity contribution in [1.82, 2.24) is 24.8 Å². The fourth-order valence-corrected chi connectivity index (χ4v) is 4.70. The van der Waals surface area contributed by atoms with Crippen LogP contribution in [0.3, 0.4) is 0 Å². The summed E-state index contributed by atoms with van der Waals surface area (Å²) in [6, 6.07) is 0.657. The lowest BCUT2D eigenvalue weighted by atomic mass is 9.80. The van der Waals surface area contributed by atoms with Crippen LogP contribution in [-0.4, -0.2) is 55.7 Å². The molecule has 1 atom stereocenters. The summed E-state index contributed by atoms with van der Waals surface area (Å²) in [7, 11) is 4.04. The molecule has 0 aliphatic heterocycles. The number of anilines is 2. The number of rotatable bonds is 6. The van der Waals surface area contributed by atoms with Gasteiger partial charge in [-0.05, 0) is 38.5 Å². The Labute approximate surface area is 182 Å². The van der Waals surface area contributed by atoms with Gasteiger partial charge >= 0.3 is 6.09 Å². The topological polar surface area (TPSA) is 132 Å². The standard InChI is InChI=1S/C21H32N8O2/c1-12(13-8-7-9-13)23-17-15-18(26-19(25-17)16(22)24-21(30)31)27-20(29(15)3)28(2)14-10-5-4-6-11-14/h12-14H,4-11H2,1-3H3,(H2,22,24)(H,30,31)(H,23,25,26)/t12-/m1/s1. The SMILES string of the molecule is C[C@@H](Nc1nc(C(=N)NC(=O)O)nc2nc(N(C)C3CCCCC3)n(C)c12)C1CCC1. The van der Waals surface area contributed by atoms with Crippen molar-refractivity contribution in [2.24, 2.45) is 13.0 Å². The number of amides is 1. The Morgan fingerprint density at radius 2 is 1.87 bits per heavy atom. The second-order valence-electron chi connectivity index (χ2n) is 8.87. The summed E-state index contributed by atoms with van der Waals surface area (Å²) in [5.41, 5.74) is 1.24. The molecule has 0 radical (unpaired) electrons. The Bertz CT molecular complexity index is 977. The van der Waals surface area contributed by atoms with Crippen LogP contribution in [0, 0.1) is 11.3 Å². The molecule has 1 amide bonds. The smallest absolute Gasteiger partial charge is 0.410 e. The third-order valence-corrected chi connectivity index (χ3v) is 6.82. The van der Waals surface area contributed by atoms with Crippen molar-refractivity contribution < 1.29 is 9.90 Å². The number of imidazole rings is 1. The molecule has 10 nitrogen and oxygen atoms in total. The lowest BCUT2D eigenvalue weighted by molar-refractivity contribution is 0.200. The molecule has 2 fully saturated rings. The Kier molecular flexibility index (Phi) is 5.97. The van der Waals surface area contributed by atoms with Crippen LogP contribution in [0.25, 0.3) is 11.2 Å². The van der Waals surface area contributed by atoms with Gasteiger partial charge in [0.15, 0.2) is 23.1 Å². The molecular formula is C21H32N8O2. The summed E-state index contributed by atoms with van der Waals surface area (Å²) < 4.78 is 2.01. The first kappa shape index (κ1) is 21.3. The van der Waals surface area contributed by atoms with Crippen LogP contribution in [0.4, 0.5) is 16.6 Å². The highest BCUT2D eigenvalue weighted by Crippen LogP contribution is 2.33. The van der Waals surface area contributed by atoms with E-state index < -0.39 is 6.09 Å². The van der Waals surface area contributed by atoms with Crippen molar-refractivity contribution in [3.63, 3.8) is 0 Å². The van der Waals surface area contributed by atoms with E-state index in [0.717, 1.165) is 24.3 Å². The van der Waals surface area contributed by atoms with Gasteiger partial charge in [-0.2, -0.15) is 4.98 Å². The van der Waals surface area contributed by atoms with Crippen molar-refractivity contribution in [2.45, 2.75) is 70.4 Å². The average molecular weight is 429 g/mol. The number of carbonyl (C=O) groups is 1. The number of aryl methyl sites for hydroxylation is 1. The molecule has 10 heteroatoms. The normalized spacial score (nSPS) is 18.4. The molecule has 2 aromatic rings. The molecule has 2 saturated carbocycles. The Balaban J connectivity index is 1.74. The minimum absolute atomic E-state index is 0.0168. The Hall–Kier alpha value is -2.91. The molecule has 2 heterocycles. The largest absolute Gasteiger partial charge is 0.465 e. The molecule has 2 aliphatic rings. The zero-order chi connectivity index (χ0) is 22.1. The molecule has 0 unspecified atom stereocenters. The summed E-state index contributed by atoms with van der Waals surface area (Å²) in [5.74, 6) is 1.65. The molecule has 168 valence electrons. The molecule has 0 aromatic carbocycles. The minimum atomic E-state index is -1.32. The fourth-order valence-electron chi connectivity index (χ4n) is 4.70. The van der Waals surface area contributed by atoms with E-state index in [4.69, 9.17) is 15.5 Å². The van der Waals surface area contributed by atoms with Crippen molar-refractivity contribution in [2.75, 3.05) is 17.3 Å². The van der Waals surface area contributed by atoms with Crippen LogP contribution >= 0.6 is 0 Å². The molecule has 0 bridgehead atoms. The number of nitrogens with one attached hydrogen (secondary N) is 3. The average Bonchev–Trinajstić information content (AvgIpc) is 3.03. The maximum atomic E-state index is 11.0. The van der Waals surface area contributed by atoms with Crippen LogP contribution in [0.2, 0.25) is 0 Å². The summed E-state index contributed by atoms with van der Waals surface area (Å²) in [4.78, 5) is 27.0. The van der Waals surface area contributed by atoms with E-state index in [1.165, 1.54) is 38.5 Å². The third kappa shape index (κ3) is 4.28. The zero-order valence-corrected chi connectivity index (χ0v) is 18.5. The number of fused-ring (bicyclic) bond motifs is 1. The van der Waals surface area contributed by atoms with Crippen molar-refractivity contribution >= 4 is 34.9 Å². The van der Waals surface area contributed by atoms with Crippen molar-refractivity contribution in [1.29, 1.82) is 5.41 Å². The van der Waals surface area contributed by atoms with Gasteiger partial charge in [-0.3, -0.25) is 10.7 Å². The van der Waals surface area contributed by atoms with E-state index in [1.807, 2.05) is 16.9 Å². The highest BCUT2D eigenvalue weighted by atomic mass is 16.4. The van der Waals surface area contributed by atoms with Gasteiger partial charge in [0.1, 0.15) is 5.52 Å². The maximum absolute atomic E-state index is 11.0. The molecule has 4 rings (SSSR count). The molecule has 31 heavy (non-hydrogen) atoms. The third-order valence-electron chi connectivity index (χ3n) is 6.82. The first-order chi connectivity index (χ1) is 14.8. The van der Waals surface area contributed by atoms with E-state index >= 15 is 0 Å². The lowest BCUT2D eigenvalue weighted by Gasteiger charge is -2.32. The predicted molar refractivity (Wildman–Crippen MR) is 120 cm³/mol. The lowest BCUT2D eigenvalue weighted by Crippen LogP contribution is -2.35. The van der Waals surface area contributed by atoms with Gasteiger partial charge in [0.25, 0.3) is 0 Å². The van der Waals surface area contributed by atoms with Crippen LogP contribution < -0.4 is 15.5 Å². The van der Waals surface area contributed by atoms with Gasteiger partial charge in [0.05, 0.1) is 0 Å². The van der Waals surface area contributed by atoms with Crippen LogP contribution in [0.5, 0.6) is 0 Å². The van der Waals surface area contributed by atoms with Crippen LogP contribution in [0.15, 0.2) is 0 Å².